The average Bonchev–Trinajstić information content (AvgIpc) is 2.65. The Balaban J connectivity index is 2.09. The molecule has 82 valence electrons. The van der Waals surface area contributed by atoms with Crippen LogP contribution in [-0.4, -0.2) is 30.5 Å². The van der Waals surface area contributed by atoms with Gasteiger partial charge in [-0.15, -0.1) is 0 Å². The largest absolute Gasteiger partial charge is 0.388 e. The number of ether oxygens (including phenoxy) is 1. The highest BCUT2D eigenvalue weighted by atomic mass is 16.5. The van der Waals surface area contributed by atoms with Gasteiger partial charge in [-0.05, 0) is 18.1 Å². The maximum absolute atomic E-state index is 9.63. The van der Waals surface area contributed by atoms with Gasteiger partial charge in [0.05, 0.1) is 25.4 Å². The molecule has 0 amide bonds. The molecule has 0 saturated carbocycles. The minimum atomic E-state index is -0.394. The van der Waals surface area contributed by atoms with Crippen LogP contribution >= 0.6 is 0 Å². The first kappa shape index (κ1) is 10.5. The van der Waals surface area contributed by atoms with Gasteiger partial charge in [-0.1, -0.05) is 25.1 Å². The third-order valence-electron chi connectivity index (χ3n) is 2.79. The van der Waals surface area contributed by atoms with Crippen LogP contribution in [0.5, 0.6) is 0 Å². The summed E-state index contributed by atoms with van der Waals surface area (Å²) in [5.74, 6) is 0. The molecule has 1 fully saturated rings. The van der Waals surface area contributed by atoms with Gasteiger partial charge in [0.15, 0.2) is 0 Å². The fourth-order valence-corrected chi connectivity index (χ4v) is 1.85. The van der Waals surface area contributed by atoms with Gasteiger partial charge >= 0.3 is 0 Å². The molecule has 1 aliphatic rings. The third-order valence-corrected chi connectivity index (χ3v) is 2.79. The van der Waals surface area contributed by atoms with Crippen molar-refractivity contribution in [1.29, 1.82) is 0 Å². The van der Waals surface area contributed by atoms with Crippen LogP contribution in [0.4, 0.5) is 5.69 Å². The van der Waals surface area contributed by atoms with E-state index in [0.717, 1.165) is 12.1 Å². The van der Waals surface area contributed by atoms with Crippen molar-refractivity contribution in [2.45, 2.75) is 25.5 Å². The van der Waals surface area contributed by atoms with Gasteiger partial charge in [0, 0.05) is 5.69 Å². The van der Waals surface area contributed by atoms with E-state index in [4.69, 9.17) is 4.74 Å². The van der Waals surface area contributed by atoms with Crippen molar-refractivity contribution in [3.05, 3.63) is 29.8 Å². The second kappa shape index (κ2) is 4.64. The second-order valence-electron chi connectivity index (χ2n) is 3.87. The fourth-order valence-electron chi connectivity index (χ4n) is 1.85. The number of aryl methyl sites for hydroxylation is 1. The maximum atomic E-state index is 9.63. The zero-order valence-corrected chi connectivity index (χ0v) is 8.94. The molecule has 0 aliphatic carbocycles. The van der Waals surface area contributed by atoms with E-state index in [1.807, 2.05) is 18.2 Å². The van der Waals surface area contributed by atoms with Gasteiger partial charge < -0.3 is 15.2 Å². The van der Waals surface area contributed by atoms with E-state index in [1.54, 1.807) is 0 Å². The third kappa shape index (κ3) is 2.30. The Hall–Kier alpha value is -1.06. The first-order chi connectivity index (χ1) is 7.31. The summed E-state index contributed by atoms with van der Waals surface area (Å²) >= 11 is 0. The van der Waals surface area contributed by atoms with Crippen LogP contribution in [-0.2, 0) is 11.2 Å². The number of nitrogens with one attached hydrogen (secondary N) is 1. The molecule has 3 nitrogen and oxygen atoms in total. The van der Waals surface area contributed by atoms with Gasteiger partial charge in [0.1, 0.15) is 0 Å². The summed E-state index contributed by atoms with van der Waals surface area (Å²) in [6.45, 7) is 3.15. The summed E-state index contributed by atoms with van der Waals surface area (Å²) in [6.07, 6.45) is 0.599. The quantitative estimate of drug-likeness (QED) is 0.787. The Kier molecular flexibility index (Phi) is 3.23. The summed E-state index contributed by atoms with van der Waals surface area (Å²) in [4.78, 5) is 0. The van der Waals surface area contributed by atoms with Crippen molar-refractivity contribution in [1.82, 2.24) is 0 Å². The monoisotopic (exact) mass is 207 g/mol. The normalized spacial score (nSPS) is 25.5. The molecule has 0 aromatic heterocycles. The molecule has 0 bridgehead atoms. The molecule has 2 rings (SSSR count). The molecular formula is C12H17NO2. The Morgan fingerprint density at radius 1 is 1.40 bits per heavy atom. The number of benzene rings is 1. The predicted octanol–water partition coefficient (Wildman–Crippen LogP) is 1.42. The van der Waals surface area contributed by atoms with E-state index in [9.17, 15) is 5.11 Å². The molecule has 0 spiro atoms. The lowest BCUT2D eigenvalue weighted by molar-refractivity contribution is 0.125. The van der Waals surface area contributed by atoms with E-state index in [1.165, 1.54) is 5.56 Å². The summed E-state index contributed by atoms with van der Waals surface area (Å²) in [5, 5.41) is 13.0. The topological polar surface area (TPSA) is 41.5 Å². The lowest BCUT2D eigenvalue weighted by Crippen LogP contribution is -2.32. The first-order valence-electron chi connectivity index (χ1n) is 5.41. The average molecular weight is 207 g/mol. The Labute approximate surface area is 90.1 Å². The van der Waals surface area contributed by atoms with E-state index in [0.29, 0.717) is 13.2 Å². The maximum Gasteiger partial charge on any atom is 0.0996 e. The number of rotatable bonds is 3. The van der Waals surface area contributed by atoms with Gasteiger partial charge in [-0.25, -0.2) is 0 Å². The molecule has 1 saturated heterocycles. The van der Waals surface area contributed by atoms with Gasteiger partial charge in [0.2, 0.25) is 0 Å². The van der Waals surface area contributed by atoms with Crippen LogP contribution in [0.2, 0.25) is 0 Å². The van der Waals surface area contributed by atoms with E-state index in [-0.39, 0.29) is 6.04 Å². The van der Waals surface area contributed by atoms with Crippen molar-refractivity contribution in [2.75, 3.05) is 18.5 Å². The highest BCUT2D eigenvalue weighted by Gasteiger charge is 2.26. The van der Waals surface area contributed by atoms with Crippen LogP contribution < -0.4 is 5.32 Å². The van der Waals surface area contributed by atoms with Crippen molar-refractivity contribution in [2.24, 2.45) is 0 Å². The molecule has 1 aromatic carbocycles. The highest BCUT2D eigenvalue weighted by Crippen LogP contribution is 2.19. The lowest BCUT2D eigenvalue weighted by Gasteiger charge is -2.18. The Bertz CT molecular complexity index is 327. The number of aliphatic hydroxyl groups excluding tert-OH is 1. The van der Waals surface area contributed by atoms with Crippen molar-refractivity contribution in [3.8, 4) is 0 Å². The number of para-hydroxylation sites is 1. The molecule has 0 radical (unpaired) electrons. The lowest BCUT2D eigenvalue weighted by atomic mass is 10.1. The van der Waals surface area contributed by atoms with Gasteiger partial charge in [0.25, 0.3) is 0 Å². The Morgan fingerprint density at radius 2 is 2.20 bits per heavy atom. The molecule has 1 aromatic rings. The zero-order valence-electron chi connectivity index (χ0n) is 8.94. The van der Waals surface area contributed by atoms with Crippen LogP contribution in [0.1, 0.15) is 12.5 Å². The summed E-state index contributed by atoms with van der Waals surface area (Å²) < 4.78 is 5.20. The molecule has 15 heavy (non-hydrogen) atoms. The predicted molar refractivity (Wildman–Crippen MR) is 60.1 cm³/mol. The first-order valence-corrected chi connectivity index (χ1v) is 5.41. The molecule has 1 aliphatic heterocycles. The number of aliphatic hydroxyl groups is 1. The van der Waals surface area contributed by atoms with Crippen molar-refractivity contribution >= 4 is 5.69 Å². The Morgan fingerprint density at radius 3 is 2.87 bits per heavy atom. The van der Waals surface area contributed by atoms with E-state index < -0.39 is 6.10 Å². The van der Waals surface area contributed by atoms with E-state index >= 15 is 0 Å². The zero-order chi connectivity index (χ0) is 10.7. The minimum absolute atomic E-state index is 0.0256. The molecular weight excluding hydrogens is 190 g/mol. The minimum Gasteiger partial charge on any atom is -0.388 e. The van der Waals surface area contributed by atoms with Crippen LogP contribution in [0.15, 0.2) is 24.3 Å². The van der Waals surface area contributed by atoms with Crippen LogP contribution in [0.3, 0.4) is 0 Å². The molecule has 2 unspecified atom stereocenters. The number of hydrogen-bond donors (Lipinski definition) is 2. The molecule has 3 heteroatoms. The van der Waals surface area contributed by atoms with Crippen molar-refractivity contribution in [3.63, 3.8) is 0 Å². The number of hydrogen-bond acceptors (Lipinski definition) is 3. The molecule has 1 heterocycles. The van der Waals surface area contributed by atoms with Crippen molar-refractivity contribution < 1.29 is 9.84 Å². The number of anilines is 1. The molecule has 2 N–H and O–H groups in total. The standard InChI is InChI=1S/C12H17NO2/c1-2-9-5-3-4-6-10(9)13-11-7-15-8-12(11)14/h3-6,11-14H,2,7-8H2,1H3. The van der Waals surface area contributed by atoms with Gasteiger partial charge in [-0.3, -0.25) is 0 Å². The summed E-state index contributed by atoms with van der Waals surface area (Å²) in [6, 6.07) is 8.21. The SMILES string of the molecule is CCc1ccccc1NC1COCC1O. The summed E-state index contributed by atoms with van der Waals surface area (Å²) in [7, 11) is 0. The summed E-state index contributed by atoms with van der Waals surface area (Å²) in [5.41, 5.74) is 2.38. The van der Waals surface area contributed by atoms with Crippen LogP contribution in [0.25, 0.3) is 0 Å². The second-order valence-corrected chi connectivity index (χ2v) is 3.87. The fraction of sp³-hybridized carbons (Fsp3) is 0.500. The smallest absolute Gasteiger partial charge is 0.0996 e. The molecule has 2 atom stereocenters. The van der Waals surface area contributed by atoms with E-state index in [2.05, 4.69) is 18.3 Å². The van der Waals surface area contributed by atoms with Crippen LogP contribution in [0, 0.1) is 0 Å². The highest BCUT2D eigenvalue weighted by molar-refractivity contribution is 5.52. The van der Waals surface area contributed by atoms with Gasteiger partial charge in [-0.2, -0.15) is 0 Å².